The van der Waals surface area contributed by atoms with Crippen LogP contribution in [0.3, 0.4) is 0 Å². The summed E-state index contributed by atoms with van der Waals surface area (Å²) in [5.74, 6) is 0. The second kappa shape index (κ2) is 9.49. The van der Waals surface area contributed by atoms with Crippen molar-refractivity contribution < 1.29 is 0 Å². The molecule has 0 saturated heterocycles. The highest BCUT2D eigenvalue weighted by Gasteiger charge is 2.17. The maximum Gasteiger partial charge on any atom is 0.137 e. The van der Waals surface area contributed by atoms with Gasteiger partial charge in [0.05, 0.1) is 22.8 Å². The van der Waals surface area contributed by atoms with Crippen molar-refractivity contribution in [3.8, 4) is 22.5 Å². The van der Waals surface area contributed by atoms with E-state index in [2.05, 4.69) is 130 Å². The van der Waals surface area contributed by atoms with E-state index in [-0.39, 0.29) is 0 Å². The van der Waals surface area contributed by atoms with Crippen LogP contribution in [0.5, 0.6) is 0 Å². The smallest absolute Gasteiger partial charge is 0.137 e. The lowest BCUT2D eigenvalue weighted by molar-refractivity contribution is 1.03. The zero-order valence-electron chi connectivity index (χ0n) is 20.9. The molecule has 0 aliphatic carbocycles. The fraction of sp³-hybridized carbons (Fsp3) is 0.0588. The Morgan fingerprint density at radius 1 is 0.421 bits per heavy atom. The molecule has 0 saturated carbocycles. The highest BCUT2D eigenvalue weighted by Crippen LogP contribution is 2.31. The van der Waals surface area contributed by atoms with Crippen LogP contribution in [-0.2, 0) is 12.8 Å². The predicted octanol–water partition coefficient (Wildman–Crippen LogP) is 7.50. The monoisotopic (exact) mass is 490 g/mol. The van der Waals surface area contributed by atoms with Crippen molar-refractivity contribution in [1.82, 2.24) is 18.8 Å². The molecule has 4 heteroatoms. The maximum absolute atomic E-state index is 5.03. The fourth-order valence-corrected chi connectivity index (χ4v) is 5.26. The number of benzene rings is 3. The molecule has 4 heterocycles. The Bertz CT molecular complexity index is 1710. The van der Waals surface area contributed by atoms with Crippen molar-refractivity contribution >= 4 is 11.3 Å². The maximum atomic E-state index is 5.03. The summed E-state index contributed by atoms with van der Waals surface area (Å²) in [5, 5.41) is 0. The van der Waals surface area contributed by atoms with Gasteiger partial charge in [0.1, 0.15) is 11.3 Å². The van der Waals surface area contributed by atoms with E-state index in [1.807, 2.05) is 12.1 Å². The van der Waals surface area contributed by atoms with E-state index in [9.17, 15) is 0 Å². The Balaban J connectivity index is 1.30. The lowest BCUT2D eigenvalue weighted by Crippen LogP contribution is -1.97. The van der Waals surface area contributed by atoms with Crippen LogP contribution in [0.15, 0.2) is 134 Å². The highest BCUT2D eigenvalue weighted by atomic mass is 15.0. The van der Waals surface area contributed by atoms with Gasteiger partial charge in [-0.25, -0.2) is 9.97 Å². The van der Waals surface area contributed by atoms with Crippen molar-refractivity contribution in [3.63, 3.8) is 0 Å². The number of nitrogens with zero attached hydrogens (tertiary/aromatic N) is 4. The molecule has 0 spiro atoms. The average molecular weight is 491 g/mol. The van der Waals surface area contributed by atoms with E-state index in [4.69, 9.17) is 9.97 Å². The zero-order valence-corrected chi connectivity index (χ0v) is 20.9. The van der Waals surface area contributed by atoms with Crippen LogP contribution in [0.25, 0.3) is 33.8 Å². The van der Waals surface area contributed by atoms with Crippen LogP contribution in [0, 0.1) is 0 Å². The molecule has 3 aromatic carbocycles. The summed E-state index contributed by atoms with van der Waals surface area (Å²) in [4.78, 5) is 10.1. The molecule has 0 unspecified atom stereocenters. The van der Waals surface area contributed by atoms with Gasteiger partial charge >= 0.3 is 0 Å². The average Bonchev–Trinajstić information content (AvgIpc) is 3.53. The van der Waals surface area contributed by atoms with Crippen LogP contribution in [0.1, 0.15) is 22.5 Å². The van der Waals surface area contributed by atoms with Crippen molar-refractivity contribution in [3.05, 3.63) is 156 Å². The Morgan fingerprint density at radius 3 is 1.24 bits per heavy atom. The number of hydrogen-bond donors (Lipinski definition) is 0. The molecule has 4 aromatic heterocycles. The molecule has 0 fully saturated rings. The molecule has 0 amide bonds. The van der Waals surface area contributed by atoms with Gasteiger partial charge in [-0.15, -0.1) is 0 Å². The van der Waals surface area contributed by atoms with Crippen molar-refractivity contribution in [2.24, 2.45) is 0 Å². The zero-order chi connectivity index (χ0) is 25.3. The van der Waals surface area contributed by atoms with Gasteiger partial charge in [0, 0.05) is 36.4 Å². The van der Waals surface area contributed by atoms with Gasteiger partial charge in [-0.2, -0.15) is 0 Å². The van der Waals surface area contributed by atoms with Gasteiger partial charge in [-0.3, -0.25) is 0 Å². The van der Waals surface area contributed by atoms with Crippen LogP contribution in [0.4, 0.5) is 0 Å². The molecule has 0 atom stereocenters. The second-order valence-corrected chi connectivity index (χ2v) is 9.57. The number of imidazole rings is 2. The summed E-state index contributed by atoms with van der Waals surface area (Å²) in [6.07, 6.45) is 5.84. The van der Waals surface area contributed by atoms with E-state index in [0.717, 1.165) is 46.7 Å². The number of rotatable bonds is 6. The minimum Gasteiger partial charge on any atom is -0.303 e. The molecular formula is C34H26N4. The standard InChI is InChI=1S/C34H26N4/c1-3-11-25(12-4-1)23-29-33(35-31-15-7-9-21-37(29)31)27-17-19-28(20-18-27)34-30(24-26-13-5-2-6-14-26)38-22-10-8-16-32(38)36-34/h1-22H,23-24H2. The molecule has 4 nitrogen and oxygen atoms in total. The molecule has 38 heavy (non-hydrogen) atoms. The molecule has 182 valence electrons. The lowest BCUT2D eigenvalue weighted by Gasteiger charge is -2.08. The fourth-order valence-electron chi connectivity index (χ4n) is 5.26. The van der Waals surface area contributed by atoms with Crippen LogP contribution >= 0.6 is 0 Å². The summed E-state index contributed by atoms with van der Waals surface area (Å²) in [5.41, 5.74) is 11.1. The van der Waals surface area contributed by atoms with E-state index in [1.165, 1.54) is 22.5 Å². The van der Waals surface area contributed by atoms with Gasteiger partial charge in [-0.1, -0.05) is 97.1 Å². The van der Waals surface area contributed by atoms with Crippen molar-refractivity contribution in [2.75, 3.05) is 0 Å². The Hall–Kier alpha value is -4.96. The Morgan fingerprint density at radius 2 is 0.816 bits per heavy atom. The number of pyridine rings is 2. The Labute approximate surface area is 221 Å². The molecule has 0 aliphatic heterocycles. The van der Waals surface area contributed by atoms with E-state index in [1.54, 1.807) is 0 Å². The Kier molecular flexibility index (Phi) is 5.56. The van der Waals surface area contributed by atoms with E-state index in [0.29, 0.717) is 0 Å². The van der Waals surface area contributed by atoms with E-state index >= 15 is 0 Å². The summed E-state index contributed by atoms with van der Waals surface area (Å²) < 4.78 is 4.41. The third-order valence-electron chi connectivity index (χ3n) is 7.12. The van der Waals surface area contributed by atoms with Crippen molar-refractivity contribution in [2.45, 2.75) is 12.8 Å². The van der Waals surface area contributed by atoms with Crippen LogP contribution in [0.2, 0.25) is 0 Å². The molecule has 0 bridgehead atoms. The third kappa shape index (κ3) is 4.06. The lowest BCUT2D eigenvalue weighted by atomic mass is 10.0. The van der Waals surface area contributed by atoms with Gasteiger partial charge in [0.2, 0.25) is 0 Å². The van der Waals surface area contributed by atoms with E-state index < -0.39 is 0 Å². The molecule has 7 rings (SSSR count). The second-order valence-electron chi connectivity index (χ2n) is 9.57. The summed E-state index contributed by atoms with van der Waals surface area (Å²) in [7, 11) is 0. The summed E-state index contributed by atoms with van der Waals surface area (Å²) in [6, 6.07) is 42.3. The SMILES string of the molecule is c1ccc(Cc2c(-c3ccc(-c4nc5ccccn5c4Cc4ccccc4)cc3)nc3ccccn23)cc1. The van der Waals surface area contributed by atoms with Gasteiger partial charge < -0.3 is 8.80 Å². The molecular weight excluding hydrogens is 464 g/mol. The van der Waals surface area contributed by atoms with Crippen LogP contribution < -0.4 is 0 Å². The predicted molar refractivity (Wildman–Crippen MR) is 153 cm³/mol. The normalized spacial score (nSPS) is 11.4. The van der Waals surface area contributed by atoms with Gasteiger partial charge in [0.25, 0.3) is 0 Å². The van der Waals surface area contributed by atoms with Gasteiger partial charge in [0.15, 0.2) is 0 Å². The number of hydrogen-bond acceptors (Lipinski definition) is 2. The van der Waals surface area contributed by atoms with Crippen LogP contribution in [-0.4, -0.2) is 18.8 Å². The van der Waals surface area contributed by atoms with Crippen molar-refractivity contribution in [1.29, 1.82) is 0 Å². The third-order valence-corrected chi connectivity index (χ3v) is 7.12. The molecule has 7 aromatic rings. The first-order chi connectivity index (χ1) is 18.8. The summed E-state index contributed by atoms with van der Waals surface area (Å²) >= 11 is 0. The first-order valence-electron chi connectivity index (χ1n) is 12.9. The largest absolute Gasteiger partial charge is 0.303 e. The molecule has 0 radical (unpaired) electrons. The first kappa shape index (κ1) is 22.3. The minimum atomic E-state index is 0.816. The quantitative estimate of drug-likeness (QED) is 0.242. The highest BCUT2D eigenvalue weighted by molar-refractivity contribution is 5.73. The molecule has 0 aliphatic rings. The minimum absolute atomic E-state index is 0.816. The summed E-state index contributed by atoms with van der Waals surface area (Å²) in [6.45, 7) is 0. The number of aromatic nitrogens is 4. The first-order valence-corrected chi connectivity index (χ1v) is 12.9. The van der Waals surface area contributed by atoms with Gasteiger partial charge in [-0.05, 0) is 35.4 Å². The number of fused-ring (bicyclic) bond motifs is 2. The topological polar surface area (TPSA) is 34.6 Å². The molecule has 0 N–H and O–H groups in total.